The van der Waals surface area contributed by atoms with Crippen molar-refractivity contribution >= 4 is 5.97 Å². The van der Waals surface area contributed by atoms with E-state index in [0.717, 1.165) is 29.5 Å². The second-order valence-corrected chi connectivity index (χ2v) is 7.63. The summed E-state index contributed by atoms with van der Waals surface area (Å²) in [5.74, 6) is 0.608. The van der Waals surface area contributed by atoms with Crippen LogP contribution in [0.1, 0.15) is 55.6 Å². The Balaban J connectivity index is 1.70. The zero-order valence-electron chi connectivity index (χ0n) is 18.6. The van der Waals surface area contributed by atoms with Crippen molar-refractivity contribution < 1.29 is 19.0 Å². The van der Waals surface area contributed by atoms with Gasteiger partial charge in [-0.15, -0.1) is 0 Å². The fourth-order valence-electron chi connectivity index (χ4n) is 3.35. The van der Waals surface area contributed by atoms with Crippen LogP contribution in [0.15, 0.2) is 72.8 Å². The molecule has 0 bridgehead atoms. The van der Waals surface area contributed by atoms with Crippen molar-refractivity contribution in [3.05, 3.63) is 83.9 Å². The van der Waals surface area contributed by atoms with Gasteiger partial charge in [0.15, 0.2) is 11.5 Å². The molecule has 0 aliphatic carbocycles. The van der Waals surface area contributed by atoms with Gasteiger partial charge in [0.25, 0.3) is 0 Å². The number of ether oxygens (including phenoxy) is 3. The lowest BCUT2D eigenvalue weighted by Crippen LogP contribution is -2.14. The fraction of sp³-hybridized carbons (Fsp3) is 0.296. The van der Waals surface area contributed by atoms with Crippen LogP contribution in [0.2, 0.25) is 0 Å². The lowest BCUT2D eigenvalue weighted by molar-refractivity contribution is 0.0723. The predicted molar refractivity (Wildman–Crippen MR) is 124 cm³/mol. The van der Waals surface area contributed by atoms with Crippen molar-refractivity contribution in [2.45, 2.75) is 45.8 Å². The highest BCUT2D eigenvalue weighted by Gasteiger charge is 2.14. The average molecular weight is 419 g/mol. The maximum absolute atomic E-state index is 12.7. The molecule has 0 radical (unpaired) electrons. The summed E-state index contributed by atoms with van der Waals surface area (Å²) < 4.78 is 16.9. The van der Waals surface area contributed by atoms with E-state index in [1.165, 1.54) is 0 Å². The van der Waals surface area contributed by atoms with Crippen molar-refractivity contribution in [3.63, 3.8) is 0 Å². The molecule has 4 heteroatoms. The van der Waals surface area contributed by atoms with Crippen LogP contribution in [0.25, 0.3) is 11.1 Å². The van der Waals surface area contributed by atoms with Crippen LogP contribution >= 0.6 is 0 Å². The van der Waals surface area contributed by atoms with Crippen LogP contribution in [-0.4, -0.2) is 19.2 Å². The van der Waals surface area contributed by atoms with E-state index in [0.29, 0.717) is 17.1 Å². The zero-order valence-corrected chi connectivity index (χ0v) is 18.6. The second kappa shape index (κ2) is 10.8. The monoisotopic (exact) mass is 418 g/mol. The van der Waals surface area contributed by atoms with E-state index in [2.05, 4.69) is 31.2 Å². The number of carbonyl (C=O) groups excluding carboxylic acids is 1. The normalized spacial score (nSPS) is 12.8. The molecule has 0 saturated carbocycles. The van der Waals surface area contributed by atoms with Gasteiger partial charge >= 0.3 is 5.97 Å². The van der Waals surface area contributed by atoms with Gasteiger partial charge in [-0.2, -0.15) is 0 Å². The Morgan fingerprint density at radius 1 is 0.839 bits per heavy atom. The first-order chi connectivity index (χ1) is 15.0. The van der Waals surface area contributed by atoms with Crippen molar-refractivity contribution in [1.82, 2.24) is 0 Å². The van der Waals surface area contributed by atoms with Gasteiger partial charge in [-0.05, 0) is 61.2 Å². The van der Waals surface area contributed by atoms with E-state index in [9.17, 15) is 4.79 Å². The third-order valence-electron chi connectivity index (χ3n) is 5.26. The van der Waals surface area contributed by atoms with Gasteiger partial charge in [-0.3, -0.25) is 0 Å². The Morgan fingerprint density at radius 3 is 2.00 bits per heavy atom. The molecule has 2 atom stereocenters. The van der Waals surface area contributed by atoms with Crippen LogP contribution in [-0.2, 0) is 4.74 Å². The molecule has 0 spiro atoms. The first kappa shape index (κ1) is 22.6. The molecule has 0 heterocycles. The molecule has 0 N–H and O–H groups in total. The van der Waals surface area contributed by atoms with Gasteiger partial charge < -0.3 is 14.2 Å². The quantitative estimate of drug-likeness (QED) is 0.282. The summed E-state index contributed by atoms with van der Waals surface area (Å²) in [5.41, 5.74) is 3.73. The van der Waals surface area contributed by atoms with Gasteiger partial charge in [0.1, 0.15) is 0 Å². The van der Waals surface area contributed by atoms with Gasteiger partial charge in [-0.1, -0.05) is 61.9 Å². The minimum absolute atomic E-state index is 0.0578. The molecular formula is C27H30O4. The van der Waals surface area contributed by atoms with E-state index < -0.39 is 5.97 Å². The van der Waals surface area contributed by atoms with Gasteiger partial charge in [0.2, 0.25) is 0 Å². The van der Waals surface area contributed by atoms with E-state index in [4.69, 9.17) is 14.2 Å². The summed E-state index contributed by atoms with van der Waals surface area (Å²) in [4.78, 5) is 12.7. The maximum Gasteiger partial charge on any atom is 0.343 e. The molecule has 0 aromatic heterocycles. The molecule has 4 nitrogen and oxygen atoms in total. The van der Waals surface area contributed by atoms with E-state index in [1.54, 1.807) is 25.3 Å². The van der Waals surface area contributed by atoms with Crippen LogP contribution in [0, 0.1) is 0 Å². The largest absolute Gasteiger partial charge is 0.487 e. The second-order valence-electron chi connectivity index (χ2n) is 7.63. The summed E-state index contributed by atoms with van der Waals surface area (Å²) in [7, 11) is 1.70. The topological polar surface area (TPSA) is 44.8 Å². The maximum atomic E-state index is 12.7. The van der Waals surface area contributed by atoms with Gasteiger partial charge in [0, 0.05) is 7.11 Å². The molecule has 0 aliphatic rings. The highest BCUT2D eigenvalue weighted by atomic mass is 16.6. The molecule has 0 aliphatic heterocycles. The van der Waals surface area contributed by atoms with Crippen molar-refractivity contribution in [2.75, 3.05) is 7.11 Å². The molecule has 0 fully saturated rings. The molecule has 3 aromatic carbocycles. The molecule has 31 heavy (non-hydrogen) atoms. The zero-order chi connectivity index (χ0) is 22.2. The number of rotatable bonds is 9. The smallest absolute Gasteiger partial charge is 0.343 e. The summed E-state index contributed by atoms with van der Waals surface area (Å²) in [6, 6.07) is 22.9. The van der Waals surface area contributed by atoms with Crippen molar-refractivity contribution in [1.29, 1.82) is 0 Å². The Labute approximate surface area is 184 Å². The summed E-state index contributed by atoms with van der Waals surface area (Å²) in [6.45, 7) is 6.15. The summed E-state index contributed by atoms with van der Waals surface area (Å²) in [6.07, 6.45) is 2.09. The number of hydrogen-bond acceptors (Lipinski definition) is 4. The molecular weight excluding hydrogens is 388 g/mol. The lowest BCUT2D eigenvalue weighted by Gasteiger charge is -2.16. The van der Waals surface area contributed by atoms with Gasteiger partial charge in [-0.25, -0.2) is 4.79 Å². The van der Waals surface area contributed by atoms with Gasteiger partial charge in [0.05, 0.1) is 17.8 Å². The van der Waals surface area contributed by atoms with Crippen LogP contribution in [0.5, 0.6) is 11.5 Å². The third-order valence-corrected chi connectivity index (χ3v) is 5.26. The number of benzene rings is 3. The predicted octanol–water partition coefficient (Wildman–Crippen LogP) is 6.85. The Bertz CT molecular complexity index is 977. The van der Waals surface area contributed by atoms with Crippen LogP contribution in [0.4, 0.5) is 0 Å². The standard InChI is InChI=1S/C27H30O4/c1-5-8-19(2)30-25-9-6-7-10-26(25)31-27(28)24-17-15-23(16-18-24)22-13-11-21(12-14-22)20(3)29-4/h6-7,9-20H,5,8H2,1-4H3. The lowest BCUT2D eigenvalue weighted by atomic mass is 10.0. The average Bonchev–Trinajstić information content (AvgIpc) is 2.80. The Hall–Kier alpha value is -3.11. The SMILES string of the molecule is CCCC(C)Oc1ccccc1OC(=O)c1ccc(-c2ccc(C(C)OC)cc2)cc1. The fourth-order valence-corrected chi connectivity index (χ4v) is 3.35. The minimum Gasteiger partial charge on any atom is -0.487 e. The number of hydrogen-bond donors (Lipinski definition) is 0. The molecule has 162 valence electrons. The molecule has 3 rings (SSSR count). The number of carbonyl (C=O) groups is 1. The Morgan fingerprint density at radius 2 is 1.42 bits per heavy atom. The van der Waals surface area contributed by atoms with E-state index in [1.807, 2.05) is 44.2 Å². The molecule has 0 saturated heterocycles. The first-order valence-corrected chi connectivity index (χ1v) is 10.7. The summed E-state index contributed by atoms with van der Waals surface area (Å²) in [5, 5.41) is 0. The number of para-hydroxylation sites is 2. The Kier molecular flexibility index (Phi) is 7.85. The summed E-state index contributed by atoms with van der Waals surface area (Å²) >= 11 is 0. The van der Waals surface area contributed by atoms with Crippen molar-refractivity contribution in [2.24, 2.45) is 0 Å². The number of esters is 1. The minimum atomic E-state index is -0.407. The molecule has 2 unspecified atom stereocenters. The van der Waals surface area contributed by atoms with Crippen LogP contribution < -0.4 is 9.47 Å². The molecule has 3 aromatic rings. The highest BCUT2D eigenvalue weighted by molar-refractivity contribution is 5.92. The number of methoxy groups -OCH3 is 1. The van der Waals surface area contributed by atoms with E-state index in [-0.39, 0.29) is 12.2 Å². The highest BCUT2D eigenvalue weighted by Crippen LogP contribution is 2.29. The first-order valence-electron chi connectivity index (χ1n) is 10.7. The van der Waals surface area contributed by atoms with E-state index >= 15 is 0 Å². The molecule has 0 amide bonds. The van der Waals surface area contributed by atoms with Crippen molar-refractivity contribution in [3.8, 4) is 22.6 Å². The van der Waals surface area contributed by atoms with Crippen LogP contribution in [0.3, 0.4) is 0 Å². The third kappa shape index (κ3) is 5.96.